The van der Waals surface area contributed by atoms with Crippen LogP contribution in [0.2, 0.25) is 0 Å². The Morgan fingerprint density at radius 1 is 1.38 bits per heavy atom. The van der Waals surface area contributed by atoms with Gasteiger partial charge >= 0.3 is 5.69 Å². The molecule has 2 aromatic rings. The van der Waals surface area contributed by atoms with E-state index >= 15 is 0 Å². The maximum atomic E-state index is 10.9. The number of halogens is 1. The molecule has 2 aromatic heterocycles. The van der Waals surface area contributed by atoms with Crippen molar-refractivity contribution in [3.8, 4) is 11.6 Å². The van der Waals surface area contributed by atoms with Gasteiger partial charge in [-0.3, -0.25) is 10.1 Å². The average molecular weight is 424 g/mol. The molecule has 138 valence electrons. The third-order valence-corrected chi connectivity index (χ3v) is 4.71. The van der Waals surface area contributed by atoms with Gasteiger partial charge in [0.15, 0.2) is 0 Å². The number of methoxy groups -OCH3 is 1. The van der Waals surface area contributed by atoms with E-state index in [-0.39, 0.29) is 17.6 Å². The number of nitrogens with two attached hydrogens (primary N) is 1. The molecular formula is C16H18BrN5O4. The van der Waals surface area contributed by atoms with Crippen LogP contribution in [0.3, 0.4) is 0 Å². The van der Waals surface area contributed by atoms with Gasteiger partial charge in [0.2, 0.25) is 11.7 Å². The Labute approximate surface area is 158 Å². The predicted molar refractivity (Wildman–Crippen MR) is 99.7 cm³/mol. The second-order valence-electron chi connectivity index (χ2n) is 5.80. The SMILES string of the molecule is COc1ccc(OC2CCN(c3nc(N)c([N+](=O)[O-])cc3Br)CC2)cn1. The summed E-state index contributed by atoms with van der Waals surface area (Å²) in [5.41, 5.74) is 5.51. The molecule has 26 heavy (non-hydrogen) atoms. The van der Waals surface area contributed by atoms with Crippen molar-refractivity contribution in [1.29, 1.82) is 0 Å². The molecule has 0 unspecified atom stereocenters. The maximum absolute atomic E-state index is 10.9. The highest BCUT2D eigenvalue weighted by Gasteiger charge is 2.25. The first-order valence-corrected chi connectivity index (χ1v) is 8.79. The molecule has 0 amide bonds. The van der Waals surface area contributed by atoms with E-state index in [1.807, 2.05) is 11.0 Å². The molecule has 0 spiro atoms. The highest BCUT2D eigenvalue weighted by atomic mass is 79.9. The van der Waals surface area contributed by atoms with Gasteiger partial charge in [-0.1, -0.05) is 0 Å². The van der Waals surface area contributed by atoms with E-state index in [9.17, 15) is 10.1 Å². The number of nitro groups is 1. The fraction of sp³-hybridized carbons (Fsp3) is 0.375. The Morgan fingerprint density at radius 2 is 2.12 bits per heavy atom. The largest absolute Gasteiger partial charge is 0.489 e. The number of hydrogen-bond donors (Lipinski definition) is 1. The van der Waals surface area contributed by atoms with Gasteiger partial charge in [-0.05, 0) is 22.0 Å². The van der Waals surface area contributed by atoms with E-state index in [1.165, 1.54) is 6.07 Å². The second kappa shape index (κ2) is 7.73. The van der Waals surface area contributed by atoms with Gasteiger partial charge in [-0.2, -0.15) is 0 Å². The van der Waals surface area contributed by atoms with Crippen molar-refractivity contribution in [1.82, 2.24) is 9.97 Å². The van der Waals surface area contributed by atoms with Crippen molar-refractivity contribution in [2.24, 2.45) is 0 Å². The molecule has 1 aliphatic heterocycles. The summed E-state index contributed by atoms with van der Waals surface area (Å²) in [5, 5.41) is 10.9. The fourth-order valence-electron chi connectivity index (χ4n) is 2.79. The van der Waals surface area contributed by atoms with Crippen molar-refractivity contribution in [2.75, 3.05) is 30.8 Å². The minimum Gasteiger partial charge on any atom is -0.489 e. The summed E-state index contributed by atoms with van der Waals surface area (Å²) in [6.07, 6.45) is 3.28. The zero-order chi connectivity index (χ0) is 18.7. The Morgan fingerprint density at radius 3 is 2.69 bits per heavy atom. The number of anilines is 2. The van der Waals surface area contributed by atoms with Crippen LogP contribution in [0.5, 0.6) is 11.6 Å². The Bertz CT molecular complexity index is 794. The second-order valence-corrected chi connectivity index (χ2v) is 6.65. The number of nitrogen functional groups attached to an aromatic ring is 1. The molecule has 0 saturated carbocycles. The number of aromatic nitrogens is 2. The zero-order valence-corrected chi connectivity index (χ0v) is 15.7. The molecule has 1 aliphatic rings. The zero-order valence-electron chi connectivity index (χ0n) is 14.1. The molecule has 2 N–H and O–H groups in total. The Hall–Kier alpha value is -2.62. The third kappa shape index (κ3) is 3.96. The quantitative estimate of drug-likeness (QED) is 0.575. The number of rotatable bonds is 5. The van der Waals surface area contributed by atoms with Gasteiger partial charge in [0.25, 0.3) is 0 Å². The number of hydrogen-bond acceptors (Lipinski definition) is 8. The van der Waals surface area contributed by atoms with Crippen molar-refractivity contribution >= 4 is 33.3 Å². The minimum absolute atomic E-state index is 0.0654. The van der Waals surface area contributed by atoms with E-state index in [1.54, 1.807) is 19.4 Å². The lowest BCUT2D eigenvalue weighted by Gasteiger charge is -2.33. The average Bonchev–Trinajstić information content (AvgIpc) is 2.64. The summed E-state index contributed by atoms with van der Waals surface area (Å²) >= 11 is 3.35. The summed E-state index contributed by atoms with van der Waals surface area (Å²) in [4.78, 5) is 20.8. The molecule has 1 fully saturated rings. The Balaban J connectivity index is 1.63. The lowest BCUT2D eigenvalue weighted by molar-refractivity contribution is -0.384. The Kier molecular flexibility index (Phi) is 5.40. The molecule has 3 rings (SSSR count). The first-order valence-electron chi connectivity index (χ1n) is 8.00. The van der Waals surface area contributed by atoms with E-state index in [0.29, 0.717) is 35.0 Å². The predicted octanol–water partition coefficient (Wildman–Crippen LogP) is 2.79. The number of pyridine rings is 2. The minimum atomic E-state index is -0.542. The summed E-state index contributed by atoms with van der Waals surface area (Å²) in [7, 11) is 1.57. The van der Waals surface area contributed by atoms with Crippen LogP contribution in [0.15, 0.2) is 28.9 Å². The van der Waals surface area contributed by atoms with Crippen LogP contribution in [-0.4, -0.2) is 41.2 Å². The number of nitrogens with zero attached hydrogens (tertiary/aromatic N) is 4. The topological polar surface area (TPSA) is 117 Å². The third-order valence-electron chi connectivity index (χ3n) is 4.13. The van der Waals surface area contributed by atoms with Crippen LogP contribution in [0.4, 0.5) is 17.3 Å². The van der Waals surface area contributed by atoms with E-state index in [4.69, 9.17) is 15.2 Å². The van der Waals surface area contributed by atoms with E-state index in [2.05, 4.69) is 25.9 Å². The lowest BCUT2D eigenvalue weighted by Crippen LogP contribution is -2.39. The highest BCUT2D eigenvalue weighted by molar-refractivity contribution is 9.10. The van der Waals surface area contributed by atoms with E-state index < -0.39 is 4.92 Å². The molecule has 0 radical (unpaired) electrons. The van der Waals surface area contributed by atoms with Crippen molar-refractivity contribution in [2.45, 2.75) is 18.9 Å². The van der Waals surface area contributed by atoms with Gasteiger partial charge in [-0.25, -0.2) is 9.97 Å². The van der Waals surface area contributed by atoms with Crippen LogP contribution >= 0.6 is 15.9 Å². The lowest BCUT2D eigenvalue weighted by atomic mass is 10.1. The first-order chi connectivity index (χ1) is 12.5. The molecule has 0 aliphatic carbocycles. The van der Waals surface area contributed by atoms with Crippen LogP contribution < -0.4 is 20.1 Å². The monoisotopic (exact) mass is 423 g/mol. The first kappa shape index (κ1) is 18.2. The normalized spacial score (nSPS) is 14.9. The summed E-state index contributed by atoms with van der Waals surface area (Å²) in [5.74, 6) is 1.76. The van der Waals surface area contributed by atoms with Crippen LogP contribution in [-0.2, 0) is 0 Å². The number of ether oxygens (including phenoxy) is 2. The smallest absolute Gasteiger partial charge is 0.312 e. The van der Waals surface area contributed by atoms with Crippen LogP contribution in [0.25, 0.3) is 0 Å². The van der Waals surface area contributed by atoms with Gasteiger partial charge in [0.05, 0.1) is 22.7 Å². The van der Waals surface area contributed by atoms with Gasteiger partial charge in [-0.15, -0.1) is 0 Å². The summed E-state index contributed by atoms with van der Waals surface area (Å²) in [6, 6.07) is 4.97. The molecule has 9 nitrogen and oxygen atoms in total. The van der Waals surface area contributed by atoms with Crippen LogP contribution in [0.1, 0.15) is 12.8 Å². The molecule has 0 atom stereocenters. The van der Waals surface area contributed by atoms with E-state index in [0.717, 1.165) is 12.8 Å². The van der Waals surface area contributed by atoms with Crippen molar-refractivity contribution in [3.63, 3.8) is 0 Å². The molecule has 1 saturated heterocycles. The molecule has 3 heterocycles. The van der Waals surface area contributed by atoms with Gasteiger partial charge in [0, 0.05) is 38.1 Å². The standard InChI is InChI=1S/C16H18BrN5O4/c1-25-14-3-2-11(9-19-14)26-10-4-6-21(7-5-10)16-12(17)8-13(22(23)24)15(18)20-16/h2-3,8-10H,4-7H2,1H3,(H2,18,20). The highest BCUT2D eigenvalue weighted by Crippen LogP contribution is 2.33. The fourth-order valence-corrected chi connectivity index (χ4v) is 3.34. The maximum Gasteiger partial charge on any atom is 0.312 e. The molecule has 10 heteroatoms. The van der Waals surface area contributed by atoms with Crippen molar-refractivity contribution < 1.29 is 14.4 Å². The summed E-state index contributed by atoms with van der Waals surface area (Å²) < 4.78 is 11.5. The molecular weight excluding hydrogens is 406 g/mol. The van der Waals surface area contributed by atoms with Crippen molar-refractivity contribution in [3.05, 3.63) is 39.0 Å². The number of piperidine rings is 1. The summed E-state index contributed by atoms with van der Waals surface area (Å²) in [6.45, 7) is 1.41. The van der Waals surface area contributed by atoms with Crippen LogP contribution in [0, 0.1) is 10.1 Å². The van der Waals surface area contributed by atoms with Gasteiger partial charge in [0.1, 0.15) is 17.7 Å². The van der Waals surface area contributed by atoms with Gasteiger partial charge < -0.3 is 20.1 Å². The molecule has 0 bridgehead atoms. The molecule has 0 aromatic carbocycles.